The molecule has 3 heteroatoms. The van der Waals surface area contributed by atoms with Crippen LogP contribution >= 0.6 is 0 Å². The lowest BCUT2D eigenvalue weighted by Gasteiger charge is -2.69. The normalized spacial score (nSPS) is 51.4. The summed E-state index contributed by atoms with van der Waals surface area (Å²) >= 11 is 0. The molecule has 34 heavy (non-hydrogen) atoms. The third-order valence-corrected chi connectivity index (χ3v) is 12.5. The van der Waals surface area contributed by atoms with E-state index in [2.05, 4.69) is 66.7 Å². The van der Waals surface area contributed by atoms with Crippen molar-refractivity contribution in [1.29, 1.82) is 0 Å². The summed E-state index contributed by atoms with van der Waals surface area (Å²) in [6.07, 6.45) is 15.2. The molecule has 0 aliphatic heterocycles. The summed E-state index contributed by atoms with van der Waals surface area (Å²) in [5.41, 5.74) is 1.18. The molecule has 0 saturated heterocycles. The van der Waals surface area contributed by atoms with Crippen LogP contribution in [0.15, 0.2) is 23.8 Å². The summed E-state index contributed by atoms with van der Waals surface area (Å²) in [4.78, 5) is 27.0. The lowest BCUT2D eigenvalue weighted by atomic mass is 9.34. The third kappa shape index (κ3) is 2.88. The third-order valence-electron chi connectivity index (χ3n) is 12.5. The van der Waals surface area contributed by atoms with E-state index in [1.165, 1.54) is 25.5 Å². The summed E-state index contributed by atoms with van der Waals surface area (Å²) in [5.74, 6) is 1.16. The van der Waals surface area contributed by atoms with Gasteiger partial charge in [-0.2, -0.15) is 0 Å². The fourth-order valence-corrected chi connectivity index (χ4v) is 10.2. The highest BCUT2D eigenvalue weighted by molar-refractivity contribution is 5.95. The minimum absolute atomic E-state index is 0.00121. The van der Waals surface area contributed by atoms with Gasteiger partial charge in [-0.25, -0.2) is 0 Å². The Morgan fingerprint density at radius 3 is 2.32 bits per heavy atom. The highest BCUT2D eigenvalue weighted by Gasteiger charge is 2.69. The Morgan fingerprint density at radius 1 is 0.971 bits per heavy atom. The number of ether oxygens (including phenoxy) is 1. The standard InChI is InChI=1S/C31H46O3/c1-26(2)11-9-12-29(5)23(26)10-13-31(7)24(29)22(32)18-20-21-19-28(4,25(33)34-8)15-14-27(21,3)16-17-30(20,31)6/h9,11,18,21,23-24H,10,12-17,19H2,1-8H3/t21-,23-,24+,27+,28+,29-,30+,31+/m0/s1. The Labute approximate surface area is 207 Å². The number of rotatable bonds is 1. The van der Waals surface area contributed by atoms with Crippen molar-refractivity contribution in [3.05, 3.63) is 23.8 Å². The molecule has 0 heterocycles. The van der Waals surface area contributed by atoms with Crippen LogP contribution in [-0.4, -0.2) is 18.9 Å². The molecule has 0 spiro atoms. The Hall–Kier alpha value is -1.38. The Bertz CT molecular complexity index is 989. The van der Waals surface area contributed by atoms with Crippen LogP contribution in [-0.2, 0) is 14.3 Å². The van der Waals surface area contributed by atoms with Crippen LogP contribution in [0.25, 0.3) is 0 Å². The summed E-state index contributed by atoms with van der Waals surface area (Å²) in [6.45, 7) is 16.6. The predicted octanol–water partition coefficient (Wildman–Crippen LogP) is 7.31. The van der Waals surface area contributed by atoms with E-state index in [-0.39, 0.29) is 44.9 Å². The number of methoxy groups -OCH3 is 1. The maximum absolute atomic E-state index is 14.2. The summed E-state index contributed by atoms with van der Waals surface area (Å²) in [5, 5.41) is 0. The number of fused-ring (bicyclic) bond motifs is 7. The van der Waals surface area contributed by atoms with Gasteiger partial charge in [-0.05, 0) is 103 Å². The molecule has 0 unspecified atom stereocenters. The van der Waals surface area contributed by atoms with Crippen molar-refractivity contribution < 1.29 is 14.3 Å². The summed E-state index contributed by atoms with van der Waals surface area (Å²) in [6, 6.07) is 0. The van der Waals surface area contributed by atoms with Crippen molar-refractivity contribution in [3.8, 4) is 0 Å². The minimum atomic E-state index is -0.458. The van der Waals surface area contributed by atoms with E-state index in [1.54, 1.807) is 0 Å². The smallest absolute Gasteiger partial charge is 0.311 e. The molecule has 3 nitrogen and oxygen atoms in total. The summed E-state index contributed by atoms with van der Waals surface area (Å²) in [7, 11) is 1.51. The molecule has 5 aliphatic rings. The monoisotopic (exact) mass is 466 g/mol. The van der Waals surface area contributed by atoms with Gasteiger partial charge in [0.05, 0.1) is 12.5 Å². The van der Waals surface area contributed by atoms with E-state index in [0.29, 0.717) is 11.7 Å². The van der Waals surface area contributed by atoms with Crippen molar-refractivity contribution in [1.82, 2.24) is 0 Å². The first-order valence-corrected chi connectivity index (χ1v) is 13.7. The van der Waals surface area contributed by atoms with E-state index in [4.69, 9.17) is 4.74 Å². The zero-order valence-electron chi connectivity index (χ0n) is 22.8. The highest BCUT2D eigenvalue weighted by Crippen LogP contribution is 2.74. The zero-order valence-corrected chi connectivity index (χ0v) is 22.8. The molecule has 0 bridgehead atoms. The highest BCUT2D eigenvalue weighted by atomic mass is 16.5. The Morgan fingerprint density at radius 2 is 1.65 bits per heavy atom. The Balaban J connectivity index is 1.62. The molecule has 5 rings (SSSR count). The second-order valence-electron chi connectivity index (χ2n) is 14.7. The molecule has 0 radical (unpaired) electrons. The van der Waals surface area contributed by atoms with Crippen LogP contribution in [0.4, 0.5) is 0 Å². The number of esters is 1. The fraction of sp³-hybridized carbons (Fsp3) is 0.806. The maximum Gasteiger partial charge on any atom is 0.311 e. The molecule has 188 valence electrons. The van der Waals surface area contributed by atoms with Crippen molar-refractivity contribution >= 4 is 11.8 Å². The predicted molar refractivity (Wildman–Crippen MR) is 136 cm³/mol. The first-order valence-electron chi connectivity index (χ1n) is 13.7. The van der Waals surface area contributed by atoms with Gasteiger partial charge < -0.3 is 4.74 Å². The molecule has 0 aromatic carbocycles. The first kappa shape index (κ1) is 24.3. The van der Waals surface area contributed by atoms with Gasteiger partial charge in [-0.3, -0.25) is 9.59 Å². The Kier molecular flexibility index (Phi) is 5.08. The van der Waals surface area contributed by atoms with Crippen LogP contribution in [0.5, 0.6) is 0 Å². The second-order valence-corrected chi connectivity index (χ2v) is 14.7. The van der Waals surface area contributed by atoms with E-state index in [9.17, 15) is 9.59 Å². The molecule has 3 saturated carbocycles. The van der Waals surface area contributed by atoms with Gasteiger partial charge in [0.25, 0.3) is 0 Å². The van der Waals surface area contributed by atoms with Crippen LogP contribution in [0, 0.1) is 50.2 Å². The van der Waals surface area contributed by atoms with Gasteiger partial charge in [-0.15, -0.1) is 0 Å². The second kappa shape index (κ2) is 7.10. The SMILES string of the molecule is COC(=O)[C@]1(C)CC[C@]2(C)CC[C@]3(C)C(=CC(=O)[C@@H]4[C@@]5(C)CC=CC(C)(C)[C@@H]5CC[C@]43C)[C@@H]2C1. The molecule has 0 aromatic rings. The number of hydrogen-bond donors (Lipinski definition) is 0. The molecule has 8 atom stereocenters. The number of ketones is 1. The van der Waals surface area contributed by atoms with E-state index in [0.717, 1.165) is 38.5 Å². The van der Waals surface area contributed by atoms with E-state index < -0.39 is 5.41 Å². The quantitative estimate of drug-likeness (QED) is 0.301. The molecule has 0 amide bonds. The minimum Gasteiger partial charge on any atom is -0.469 e. The molecule has 0 aromatic heterocycles. The van der Waals surface area contributed by atoms with Crippen LogP contribution in [0.2, 0.25) is 0 Å². The number of carbonyl (C=O) groups is 2. The topological polar surface area (TPSA) is 43.4 Å². The van der Waals surface area contributed by atoms with Gasteiger partial charge in [0.2, 0.25) is 0 Å². The average molecular weight is 467 g/mol. The molecule has 5 aliphatic carbocycles. The lowest BCUT2D eigenvalue weighted by Crippen LogP contribution is -2.65. The van der Waals surface area contributed by atoms with E-state index in [1.807, 2.05) is 0 Å². The largest absolute Gasteiger partial charge is 0.469 e. The van der Waals surface area contributed by atoms with Crippen LogP contribution in [0.3, 0.4) is 0 Å². The van der Waals surface area contributed by atoms with Crippen LogP contribution in [0.1, 0.15) is 99.8 Å². The van der Waals surface area contributed by atoms with Gasteiger partial charge in [0.15, 0.2) is 5.78 Å². The molecule has 3 fully saturated rings. The molecule has 0 N–H and O–H groups in total. The average Bonchev–Trinajstić information content (AvgIpc) is 2.75. The van der Waals surface area contributed by atoms with Gasteiger partial charge in [0, 0.05) is 5.92 Å². The van der Waals surface area contributed by atoms with Crippen molar-refractivity contribution in [3.63, 3.8) is 0 Å². The summed E-state index contributed by atoms with van der Waals surface area (Å²) < 4.78 is 5.25. The van der Waals surface area contributed by atoms with Gasteiger partial charge >= 0.3 is 5.97 Å². The van der Waals surface area contributed by atoms with Gasteiger partial charge in [0.1, 0.15) is 0 Å². The maximum atomic E-state index is 14.2. The number of carbonyl (C=O) groups excluding carboxylic acids is 2. The van der Waals surface area contributed by atoms with Crippen molar-refractivity contribution in [2.45, 2.75) is 99.8 Å². The number of allylic oxidation sites excluding steroid dienone is 4. The van der Waals surface area contributed by atoms with Crippen molar-refractivity contribution in [2.75, 3.05) is 7.11 Å². The first-order chi connectivity index (χ1) is 15.7. The fourth-order valence-electron chi connectivity index (χ4n) is 10.2. The molecular weight excluding hydrogens is 420 g/mol. The number of hydrogen-bond acceptors (Lipinski definition) is 3. The van der Waals surface area contributed by atoms with E-state index >= 15 is 0 Å². The van der Waals surface area contributed by atoms with Crippen LogP contribution < -0.4 is 0 Å². The zero-order chi connectivity index (χ0) is 24.9. The lowest BCUT2D eigenvalue weighted by molar-refractivity contribution is -0.175. The van der Waals surface area contributed by atoms with Crippen molar-refractivity contribution in [2.24, 2.45) is 50.2 Å². The van der Waals surface area contributed by atoms with Gasteiger partial charge in [-0.1, -0.05) is 59.3 Å². The molecular formula is C31H46O3.